The summed E-state index contributed by atoms with van der Waals surface area (Å²) < 4.78 is 5.49. The molecule has 0 saturated carbocycles. The summed E-state index contributed by atoms with van der Waals surface area (Å²) in [5.41, 5.74) is 4.09. The van der Waals surface area contributed by atoms with E-state index in [1.54, 1.807) is 6.21 Å². The number of hydrazone groups is 1. The minimum absolute atomic E-state index is 0.662. The van der Waals surface area contributed by atoms with Gasteiger partial charge in [0.25, 0.3) is 0 Å². The summed E-state index contributed by atoms with van der Waals surface area (Å²) in [5.74, 6) is 1.73. The normalized spacial score (nSPS) is 11.0. The zero-order valence-electron chi connectivity index (χ0n) is 10.2. The van der Waals surface area contributed by atoms with E-state index in [1.807, 2.05) is 36.4 Å². The lowest BCUT2D eigenvalue weighted by atomic mass is 10.2. The molecule has 0 atom stereocenters. The van der Waals surface area contributed by atoms with Crippen LogP contribution in [-0.2, 0) is 13.0 Å². The minimum Gasteiger partial charge on any atom is -0.460 e. The Morgan fingerprint density at radius 1 is 1.22 bits per heavy atom. The van der Waals surface area contributed by atoms with E-state index < -0.39 is 0 Å². The second kappa shape index (κ2) is 6.26. The molecule has 0 fully saturated rings. The number of rotatable bonds is 5. The summed E-state index contributed by atoms with van der Waals surface area (Å²) >= 11 is 5.81. The number of nitrogens with one attached hydrogen (secondary N) is 1. The third-order valence-corrected chi connectivity index (χ3v) is 2.76. The zero-order chi connectivity index (χ0) is 12.8. The first-order valence-corrected chi connectivity index (χ1v) is 6.25. The van der Waals surface area contributed by atoms with Crippen LogP contribution in [-0.4, -0.2) is 6.21 Å². The number of aryl methyl sites for hydroxylation is 1. The average Bonchev–Trinajstić information content (AvgIpc) is 2.85. The number of furan rings is 1. The van der Waals surface area contributed by atoms with Gasteiger partial charge in [-0.15, -0.1) is 0 Å². The number of hydrogen-bond donors (Lipinski definition) is 1. The van der Waals surface area contributed by atoms with Gasteiger partial charge < -0.3 is 9.84 Å². The molecular weight excluding hydrogens is 248 g/mol. The van der Waals surface area contributed by atoms with E-state index in [-0.39, 0.29) is 0 Å². The van der Waals surface area contributed by atoms with E-state index in [1.165, 1.54) is 0 Å². The van der Waals surface area contributed by atoms with Crippen LogP contribution in [0.25, 0.3) is 0 Å². The molecule has 18 heavy (non-hydrogen) atoms. The first-order chi connectivity index (χ1) is 8.78. The highest BCUT2D eigenvalue weighted by molar-refractivity contribution is 6.30. The van der Waals surface area contributed by atoms with Crippen LogP contribution in [0.1, 0.15) is 24.0 Å². The zero-order valence-corrected chi connectivity index (χ0v) is 10.9. The lowest BCUT2D eigenvalue weighted by molar-refractivity contribution is 0.509. The van der Waals surface area contributed by atoms with Crippen molar-refractivity contribution < 1.29 is 4.42 Å². The van der Waals surface area contributed by atoms with Gasteiger partial charge in [-0.25, -0.2) is 0 Å². The molecule has 1 heterocycles. The molecule has 1 N–H and O–H groups in total. The fraction of sp³-hybridized carbons (Fsp3) is 0.214. The molecule has 2 rings (SSSR count). The van der Waals surface area contributed by atoms with Gasteiger partial charge in [0.05, 0.1) is 12.8 Å². The van der Waals surface area contributed by atoms with Crippen LogP contribution in [0, 0.1) is 0 Å². The Bertz CT molecular complexity index is 517. The van der Waals surface area contributed by atoms with Crippen LogP contribution in [0.4, 0.5) is 0 Å². The third kappa shape index (κ3) is 3.64. The summed E-state index contributed by atoms with van der Waals surface area (Å²) in [4.78, 5) is 0. The monoisotopic (exact) mass is 262 g/mol. The highest BCUT2D eigenvalue weighted by Gasteiger charge is 1.96. The molecule has 0 spiro atoms. The van der Waals surface area contributed by atoms with E-state index >= 15 is 0 Å². The molecule has 0 aliphatic carbocycles. The Kier molecular flexibility index (Phi) is 4.42. The lowest BCUT2D eigenvalue weighted by Gasteiger charge is -2.00. The summed E-state index contributed by atoms with van der Waals surface area (Å²) in [7, 11) is 0. The number of hydrogen-bond acceptors (Lipinski definition) is 3. The number of benzene rings is 1. The van der Waals surface area contributed by atoms with Crippen molar-refractivity contribution in [3.05, 3.63) is 58.5 Å². The SMILES string of the molecule is CCc1ccc(/C=N\NCc2ccc(Cl)cc2)o1. The van der Waals surface area contributed by atoms with Crippen LogP contribution in [0.5, 0.6) is 0 Å². The van der Waals surface area contributed by atoms with Gasteiger partial charge >= 0.3 is 0 Å². The Morgan fingerprint density at radius 2 is 2.00 bits per heavy atom. The van der Waals surface area contributed by atoms with Crippen molar-refractivity contribution in [3.63, 3.8) is 0 Å². The Labute approximate surface area is 111 Å². The molecule has 0 bridgehead atoms. The van der Waals surface area contributed by atoms with Crippen molar-refractivity contribution in [1.82, 2.24) is 5.43 Å². The van der Waals surface area contributed by atoms with Gasteiger partial charge in [-0.1, -0.05) is 30.7 Å². The van der Waals surface area contributed by atoms with Crippen molar-refractivity contribution in [2.75, 3.05) is 0 Å². The maximum Gasteiger partial charge on any atom is 0.147 e. The van der Waals surface area contributed by atoms with Gasteiger partial charge in [0.15, 0.2) is 0 Å². The van der Waals surface area contributed by atoms with Crippen LogP contribution in [0.15, 0.2) is 45.9 Å². The van der Waals surface area contributed by atoms with E-state index in [2.05, 4.69) is 17.5 Å². The quantitative estimate of drug-likeness (QED) is 0.660. The molecule has 3 nitrogen and oxygen atoms in total. The maximum atomic E-state index is 5.81. The average molecular weight is 263 g/mol. The van der Waals surface area contributed by atoms with Crippen molar-refractivity contribution in [3.8, 4) is 0 Å². The molecule has 4 heteroatoms. The van der Waals surface area contributed by atoms with Crippen LogP contribution in [0.3, 0.4) is 0 Å². The molecule has 1 aromatic carbocycles. The van der Waals surface area contributed by atoms with Gasteiger partial charge in [0.1, 0.15) is 11.5 Å². The number of nitrogens with zero attached hydrogens (tertiary/aromatic N) is 1. The molecule has 0 aliphatic rings. The molecule has 0 radical (unpaired) electrons. The van der Waals surface area contributed by atoms with Gasteiger partial charge in [0.2, 0.25) is 0 Å². The smallest absolute Gasteiger partial charge is 0.147 e. The predicted octanol–water partition coefficient (Wildman–Crippen LogP) is 3.62. The summed E-state index contributed by atoms with van der Waals surface area (Å²) in [6.07, 6.45) is 2.57. The third-order valence-electron chi connectivity index (χ3n) is 2.51. The van der Waals surface area contributed by atoms with E-state index in [0.29, 0.717) is 6.54 Å². The van der Waals surface area contributed by atoms with Crippen LogP contribution < -0.4 is 5.43 Å². The van der Waals surface area contributed by atoms with Gasteiger partial charge in [-0.05, 0) is 29.8 Å². The van der Waals surface area contributed by atoms with E-state index in [4.69, 9.17) is 16.0 Å². The summed E-state index contributed by atoms with van der Waals surface area (Å²) in [6.45, 7) is 2.72. The highest BCUT2D eigenvalue weighted by atomic mass is 35.5. The van der Waals surface area contributed by atoms with E-state index in [0.717, 1.165) is 28.5 Å². The first-order valence-electron chi connectivity index (χ1n) is 5.87. The maximum absolute atomic E-state index is 5.81. The largest absolute Gasteiger partial charge is 0.460 e. The standard InChI is InChI=1S/C14H15ClN2O/c1-2-13-7-8-14(18-13)10-17-16-9-11-3-5-12(15)6-4-11/h3-8,10,16H,2,9H2,1H3/b17-10-. The second-order valence-electron chi connectivity index (χ2n) is 3.88. The van der Waals surface area contributed by atoms with Crippen molar-refractivity contribution in [1.29, 1.82) is 0 Å². The molecule has 0 saturated heterocycles. The second-order valence-corrected chi connectivity index (χ2v) is 4.31. The Hall–Kier alpha value is -1.74. The molecule has 0 amide bonds. The number of halogens is 1. The highest BCUT2D eigenvalue weighted by Crippen LogP contribution is 2.09. The Balaban J connectivity index is 1.82. The summed E-state index contributed by atoms with van der Waals surface area (Å²) in [5, 5.41) is 4.85. The summed E-state index contributed by atoms with van der Waals surface area (Å²) in [6, 6.07) is 11.5. The molecule has 1 aromatic heterocycles. The molecule has 2 aromatic rings. The molecular formula is C14H15ClN2O. The van der Waals surface area contributed by atoms with Gasteiger partial charge in [0, 0.05) is 11.4 Å². The van der Waals surface area contributed by atoms with Crippen molar-refractivity contribution in [2.24, 2.45) is 5.10 Å². The molecule has 94 valence electrons. The van der Waals surface area contributed by atoms with E-state index in [9.17, 15) is 0 Å². The Morgan fingerprint density at radius 3 is 2.67 bits per heavy atom. The molecule has 0 aliphatic heterocycles. The lowest BCUT2D eigenvalue weighted by Crippen LogP contribution is -2.05. The first kappa shape index (κ1) is 12.7. The fourth-order valence-electron chi connectivity index (χ4n) is 1.50. The van der Waals surface area contributed by atoms with Crippen LogP contribution >= 0.6 is 11.6 Å². The van der Waals surface area contributed by atoms with Gasteiger partial charge in [-0.2, -0.15) is 5.10 Å². The predicted molar refractivity (Wildman–Crippen MR) is 74.0 cm³/mol. The fourth-order valence-corrected chi connectivity index (χ4v) is 1.63. The van der Waals surface area contributed by atoms with Gasteiger partial charge in [-0.3, -0.25) is 0 Å². The van der Waals surface area contributed by atoms with Crippen LogP contribution in [0.2, 0.25) is 5.02 Å². The minimum atomic E-state index is 0.662. The topological polar surface area (TPSA) is 37.5 Å². The molecule has 0 unspecified atom stereocenters. The van der Waals surface area contributed by atoms with Crippen molar-refractivity contribution in [2.45, 2.75) is 19.9 Å². The van der Waals surface area contributed by atoms with Crippen molar-refractivity contribution >= 4 is 17.8 Å².